The van der Waals surface area contributed by atoms with Gasteiger partial charge in [-0.25, -0.2) is 0 Å². The maximum atomic E-state index is 11.7. The van der Waals surface area contributed by atoms with Crippen LogP contribution in [0.5, 0.6) is 0 Å². The molecule has 1 aromatic rings. The summed E-state index contributed by atoms with van der Waals surface area (Å²) in [5, 5.41) is 0. The van der Waals surface area contributed by atoms with Crippen molar-refractivity contribution < 1.29 is 4.79 Å². The molecule has 3 nitrogen and oxygen atoms in total. The Balaban J connectivity index is 0.00000361. The van der Waals surface area contributed by atoms with E-state index in [1.807, 2.05) is 36.4 Å². The smallest absolute Gasteiger partial charge is 0.156 e. The fraction of sp³-hybridized carbons (Fsp3) is 0.438. The molecule has 0 saturated heterocycles. The van der Waals surface area contributed by atoms with Crippen molar-refractivity contribution in [2.24, 2.45) is 0 Å². The molecule has 0 aliphatic heterocycles. The van der Waals surface area contributed by atoms with E-state index in [-0.39, 0.29) is 18.2 Å². The van der Waals surface area contributed by atoms with E-state index in [2.05, 4.69) is 30.9 Å². The maximum absolute atomic E-state index is 11.7. The molecular formula is C16H25ClN2O. The first kappa shape index (κ1) is 18.8. The molecule has 0 fully saturated rings. The first-order valence-corrected chi connectivity index (χ1v) is 6.67. The SMILES string of the molecule is CN(C)CCN(C)CCC(=O)/C=C/c1ccccc1.Cl. The van der Waals surface area contributed by atoms with Crippen LogP contribution in [0.15, 0.2) is 36.4 Å². The molecule has 0 amide bonds. The summed E-state index contributed by atoms with van der Waals surface area (Å²) in [5.74, 6) is 0.181. The third-order valence-electron chi connectivity index (χ3n) is 2.93. The zero-order valence-electron chi connectivity index (χ0n) is 12.6. The molecule has 0 aromatic heterocycles. The number of carbonyl (C=O) groups excluding carboxylic acids is 1. The standard InChI is InChI=1S/C16H24N2O.ClH/c1-17(2)13-14-18(3)12-11-16(19)10-9-15-7-5-4-6-8-15;/h4-10H,11-14H2,1-3H3;1H/b10-9+;. The molecule has 0 atom stereocenters. The molecule has 0 aliphatic rings. The van der Waals surface area contributed by atoms with Crippen molar-refractivity contribution in [1.82, 2.24) is 9.80 Å². The van der Waals surface area contributed by atoms with Gasteiger partial charge in [0.25, 0.3) is 0 Å². The Labute approximate surface area is 128 Å². The molecule has 0 heterocycles. The second-order valence-electron chi connectivity index (χ2n) is 5.07. The van der Waals surface area contributed by atoms with Crippen LogP contribution >= 0.6 is 12.4 Å². The fourth-order valence-electron chi connectivity index (χ4n) is 1.62. The Morgan fingerprint density at radius 3 is 2.30 bits per heavy atom. The van der Waals surface area contributed by atoms with Gasteiger partial charge in [-0.3, -0.25) is 4.79 Å². The lowest BCUT2D eigenvalue weighted by Gasteiger charge is -2.18. The molecule has 0 bridgehead atoms. The summed E-state index contributed by atoms with van der Waals surface area (Å²) in [5.41, 5.74) is 1.07. The quantitative estimate of drug-likeness (QED) is 0.689. The first-order valence-electron chi connectivity index (χ1n) is 6.67. The van der Waals surface area contributed by atoms with Crippen molar-refractivity contribution in [3.05, 3.63) is 42.0 Å². The topological polar surface area (TPSA) is 23.6 Å². The number of hydrogen-bond donors (Lipinski definition) is 0. The van der Waals surface area contributed by atoms with Gasteiger partial charge in [0.15, 0.2) is 5.78 Å². The highest BCUT2D eigenvalue weighted by Gasteiger charge is 2.02. The van der Waals surface area contributed by atoms with Gasteiger partial charge < -0.3 is 9.80 Å². The average molecular weight is 297 g/mol. The van der Waals surface area contributed by atoms with Gasteiger partial charge in [0.05, 0.1) is 0 Å². The van der Waals surface area contributed by atoms with Crippen LogP contribution < -0.4 is 0 Å². The van der Waals surface area contributed by atoms with Gasteiger partial charge in [0, 0.05) is 26.1 Å². The van der Waals surface area contributed by atoms with Crippen LogP contribution in [-0.4, -0.2) is 56.4 Å². The van der Waals surface area contributed by atoms with Crippen LogP contribution in [0.4, 0.5) is 0 Å². The Morgan fingerprint density at radius 2 is 1.70 bits per heavy atom. The molecule has 0 aliphatic carbocycles. The summed E-state index contributed by atoms with van der Waals surface area (Å²) >= 11 is 0. The molecule has 0 spiro atoms. The van der Waals surface area contributed by atoms with E-state index in [4.69, 9.17) is 0 Å². The Hall–Kier alpha value is -1.16. The molecule has 1 rings (SSSR count). The van der Waals surface area contributed by atoms with Crippen molar-refractivity contribution in [3.63, 3.8) is 0 Å². The van der Waals surface area contributed by atoms with E-state index >= 15 is 0 Å². The van der Waals surface area contributed by atoms with Crippen LogP contribution in [0.2, 0.25) is 0 Å². The molecule has 20 heavy (non-hydrogen) atoms. The van der Waals surface area contributed by atoms with Gasteiger partial charge in [-0.05, 0) is 32.8 Å². The highest BCUT2D eigenvalue weighted by atomic mass is 35.5. The summed E-state index contributed by atoms with van der Waals surface area (Å²) in [6.07, 6.45) is 4.13. The normalized spacial score (nSPS) is 11.1. The lowest BCUT2D eigenvalue weighted by atomic mass is 10.2. The van der Waals surface area contributed by atoms with Gasteiger partial charge in [-0.1, -0.05) is 36.4 Å². The van der Waals surface area contributed by atoms with E-state index in [1.54, 1.807) is 6.08 Å². The van der Waals surface area contributed by atoms with Crippen molar-refractivity contribution in [2.75, 3.05) is 40.8 Å². The van der Waals surface area contributed by atoms with Crippen molar-refractivity contribution >= 4 is 24.3 Å². The Kier molecular flexibility index (Phi) is 9.99. The van der Waals surface area contributed by atoms with E-state index < -0.39 is 0 Å². The van der Waals surface area contributed by atoms with Crippen LogP contribution in [0.3, 0.4) is 0 Å². The van der Waals surface area contributed by atoms with Crippen molar-refractivity contribution in [3.8, 4) is 0 Å². The Bertz CT molecular complexity index is 404. The molecule has 4 heteroatoms. The number of rotatable bonds is 8. The lowest BCUT2D eigenvalue weighted by molar-refractivity contribution is -0.114. The van der Waals surface area contributed by atoms with E-state index in [1.165, 1.54) is 0 Å². The first-order chi connectivity index (χ1) is 9.08. The summed E-state index contributed by atoms with van der Waals surface area (Å²) < 4.78 is 0. The van der Waals surface area contributed by atoms with Crippen LogP contribution in [0.1, 0.15) is 12.0 Å². The number of allylic oxidation sites excluding steroid dienone is 1. The van der Waals surface area contributed by atoms with Gasteiger partial charge in [0.2, 0.25) is 0 Å². The highest BCUT2D eigenvalue weighted by Crippen LogP contribution is 2.01. The van der Waals surface area contributed by atoms with Gasteiger partial charge in [-0.15, -0.1) is 12.4 Å². The molecule has 1 aromatic carbocycles. The fourth-order valence-corrected chi connectivity index (χ4v) is 1.62. The maximum Gasteiger partial charge on any atom is 0.156 e. The largest absolute Gasteiger partial charge is 0.308 e. The molecule has 112 valence electrons. The van der Waals surface area contributed by atoms with E-state index in [0.717, 1.165) is 25.2 Å². The van der Waals surface area contributed by atoms with Gasteiger partial charge in [0.1, 0.15) is 0 Å². The Morgan fingerprint density at radius 1 is 1.05 bits per heavy atom. The lowest BCUT2D eigenvalue weighted by Crippen LogP contribution is -2.30. The number of nitrogens with zero attached hydrogens (tertiary/aromatic N) is 2. The predicted molar refractivity (Wildman–Crippen MR) is 88.4 cm³/mol. The minimum Gasteiger partial charge on any atom is -0.308 e. The number of halogens is 1. The number of ketones is 1. The zero-order valence-corrected chi connectivity index (χ0v) is 13.4. The second kappa shape index (κ2) is 10.6. The summed E-state index contributed by atoms with van der Waals surface area (Å²) in [7, 11) is 6.17. The van der Waals surface area contributed by atoms with E-state index in [9.17, 15) is 4.79 Å². The average Bonchev–Trinajstić information content (AvgIpc) is 2.41. The monoisotopic (exact) mass is 296 g/mol. The number of carbonyl (C=O) groups is 1. The third-order valence-corrected chi connectivity index (χ3v) is 2.93. The number of hydrogen-bond acceptors (Lipinski definition) is 3. The van der Waals surface area contributed by atoms with Crippen LogP contribution in [0, 0.1) is 0 Å². The predicted octanol–water partition coefficient (Wildman–Crippen LogP) is 2.57. The van der Waals surface area contributed by atoms with Gasteiger partial charge >= 0.3 is 0 Å². The zero-order chi connectivity index (χ0) is 14.1. The van der Waals surface area contributed by atoms with Gasteiger partial charge in [-0.2, -0.15) is 0 Å². The summed E-state index contributed by atoms with van der Waals surface area (Å²) in [6.45, 7) is 2.82. The number of likely N-dealkylation sites (N-methyl/N-ethyl adjacent to an activating group) is 2. The second-order valence-corrected chi connectivity index (χ2v) is 5.07. The summed E-state index contributed by atoms with van der Waals surface area (Å²) in [6, 6.07) is 9.90. The molecular weight excluding hydrogens is 272 g/mol. The van der Waals surface area contributed by atoms with Crippen LogP contribution in [0.25, 0.3) is 6.08 Å². The summed E-state index contributed by atoms with van der Waals surface area (Å²) in [4.78, 5) is 16.1. The molecule has 0 unspecified atom stereocenters. The molecule has 0 N–H and O–H groups in total. The number of benzene rings is 1. The van der Waals surface area contributed by atoms with Crippen molar-refractivity contribution in [2.45, 2.75) is 6.42 Å². The highest BCUT2D eigenvalue weighted by molar-refractivity contribution is 5.93. The third kappa shape index (κ3) is 8.86. The van der Waals surface area contributed by atoms with Crippen LogP contribution in [-0.2, 0) is 4.79 Å². The van der Waals surface area contributed by atoms with E-state index in [0.29, 0.717) is 6.42 Å². The molecule has 0 radical (unpaired) electrons. The minimum absolute atomic E-state index is 0. The minimum atomic E-state index is 0. The molecule has 0 saturated carbocycles. The van der Waals surface area contributed by atoms with Crippen molar-refractivity contribution in [1.29, 1.82) is 0 Å².